The Bertz CT molecular complexity index is 500. The number of rotatable bonds is 4. The summed E-state index contributed by atoms with van der Waals surface area (Å²) in [5, 5.41) is 0. The third-order valence-corrected chi connectivity index (χ3v) is 4.49. The summed E-state index contributed by atoms with van der Waals surface area (Å²) < 4.78 is 4.80. The fourth-order valence-electron chi connectivity index (χ4n) is 2.60. The molecule has 0 saturated carbocycles. The Morgan fingerprint density at radius 2 is 2.05 bits per heavy atom. The van der Waals surface area contributed by atoms with Crippen LogP contribution in [0.2, 0.25) is 0 Å². The molecule has 108 valence electrons. The second kappa shape index (κ2) is 6.31. The third-order valence-electron chi connectivity index (χ3n) is 3.74. The highest BCUT2D eigenvalue weighted by molar-refractivity contribution is 7.98. The van der Waals surface area contributed by atoms with Crippen molar-refractivity contribution in [1.29, 1.82) is 0 Å². The normalized spacial score (nSPS) is 20.1. The van der Waals surface area contributed by atoms with Crippen molar-refractivity contribution in [3.63, 3.8) is 0 Å². The van der Waals surface area contributed by atoms with Crippen LogP contribution < -0.4 is 0 Å². The summed E-state index contributed by atoms with van der Waals surface area (Å²) in [6.07, 6.45) is 2.97. The summed E-state index contributed by atoms with van der Waals surface area (Å²) in [4.78, 5) is 26.7. The van der Waals surface area contributed by atoms with Gasteiger partial charge in [-0.25, -0.2) is 4.79 Å². The predicted octanol–water partition coefficient (Wildman–Crippen LogP) is 2.63. The maximum atomic E-state index is 12.1. The van der Waals surface area contributed by atoms with E-state index < -0.39 is 6.04 Å². The van der Waals surface area contributed by atoms with Crippen molar-refractivity contribution in [1.82, 2.24) is 4.90 Å². The summed E-state index contributed by atoms with van der Waals surface area (Å²) in [6, 6.07) is 7.51. The van der Waals surface area contributed by atoms with Gasteiger partial charge in [-0.1, -0.05) is 12.1 Å². The lowest BCUT2D eigenvalue weighted by Crippen LogP contribution is -2.40. The summed E-state index contributed by atoms with van der Waals surface area (Å²) in [5.41, 5.74) is 1.03. The number of likely N-dealkylation sites (tertiary alicyclic amines) is 1. The minimum atomic E-state index is -0.456. The van der Waals surface area contributed by atoms with Crippen LogP contribution in [0.15, 0.2) is 29.2 Å². The van der Waals surface area contributed by atoms with E-state index in [1.807, 2.05) is 37.4 Å². The predicted molar refractivity (Wildman–Crippen MR) is 78.5 cm³/mol. The lowest BCUT2D eigenvalue weighted by Gasteiger charge is -2.29. The highest BCUT2D eigenvalue weighted by Crippen LogP contribution is 2.31. The first-order chi connectivity index (χ1) is 9.58. The van der Waals surface area contributed by atoms with E-state index in [1.165, 1.54) is 12.0 Å². The van der Waals surface area contributed by atoms with Gasteiger partial charge in [-0.2, -0.15) is 0 Å². The molecule has 0 aromatic heterocycles. The summed E-state index contributed by atoms with van der Waals surface area (Å²) in [6.45, 7) is 1.95. The third kappa shape index (κ3) is 2.82. The average molecular weight is 293 g/mol. The molecule has 0 bridgehead atoms. The van der Waals surface area contributed by atoms with E-state index in [-0.39, 0.29) is 17.9 Å². The lowest BCUT2D eigenvalue weighted by atomic mass is 10.1. The summed E-state index contributed by atoms with van der Waals surface area (Å²) >= 11 is 1.68. The van der Waals surface area contributed by atoms with Crippen molar-refractivity contribution >= 4 is 23.6 Å². The van der Waals surface area contributed by atoms with Crippen LogP contribution in [-0.2, 0) is 14.3 Å². The standard InChI is InChI=1S/C15H19NO3S/c1-10(11-4-6-12(20-3)7-5-11)16-13(15(18)19-2)8-9-14(16)17/h4-7,10,13H,8-9H2,1-3H3. The molecule has 1 saturated heterocycles. The molecule has 1 aliphatic rings. The average Bonchev–Trinajstić information content (AvgIpc) is 2.87. The van der Waals surface area contributed by atoms with Crippen molar-refractivity contribution in [2.24, 2.45) is 0 Å². The smallest absolute Gasteiger partial charge is 0.328 e. The van der Waals surface area contributed by atoms with Crippen molar-refractivity contribution in [3.05, 3.63) is 29.8 Å². The number of benzene rings is 1. The quantitative estimate of drug-likeness (QED) is 0.632. The first kappa shape index (κ1) is 14.9. The van der Waals surface area contributed by atoms with Crippen LogP contribution in [0.4, 0.5) is 0 Å². The molecule has 0 spiro atoms. The second-order valence-electron chi connectivity index (χ2n) is 4.83. The number of ether oxygens (including phenoxy) is 1. The van der Waals surface area contributed by atoms with Crippen LogP contribution in [-0.4, -0.2) is 36.2 Å². The lowest BCUT2D eigenvalue weighted by molar-refractivity contribution is -0.150. The monoisotopic (exact) mass is 293 g/mol. The zero-order valence-electron chi connectivity index (χ0n) is 12.0. The van der Waals surface area contributed by atoms with Gasteiger partial charge in [0.1, 0.15) is 6.04 Å². The molecule has 0 N–H and O–H groups in total. The Labute approximate surface area is 123 Å². The van der Waals surface area contributed by atoms with Gasteiger partial charge in [0.2, 0.25) is 5.91 Å². The molecule has 0 aliphatic carbocycles. The first-order valence-electron chi connectivity index (χ1n) is 6.61. The fraction of sp³-hybridized carbons (Fsp3) is 0.467. The Balaban J connectivity index is 2.22. The molecule has 1 amide bonds. The molecular weight excluding hydrogens is 274 g/mol. The molecule has 1 aliphatic heterocycles. The van der Waals surface area contributed by atoms with E-state index in [0.717, 1.165) is 5.56 Å². The van der Waals surface area contributed by atoms with E-state index in [2.05, 4.69) is 0 Å². The largest absolute Gasteiger partial charge is 0.467 e. The minimum Gasteiger partial charge on any atom is -0.467 e. The van der Waals surface area contributed by atoms with E-state index in [4.69, 9.17) is 4.74 Å². The van der Waals surface area contributed by atoms with Gasteiger partial charge in [0.05, 0.1) is 13.2 Å². The van der Waals surface area contributed by atoms with Crippen LogP contribution in [0.1, 0.15) is 31.4 Å². The minimum absolute atomic E-state index is 0.0156. The van der Waals surface area contributed by atoms with Gasteiger partial charge in [0.25, 0.3) is 0 Å². The SMILES string of the molecule is COC(=O)C1CCC(=O)N1C(C)c1ccc(SC)cc1. The highest BCUT2D eigenvalue weighted by Gasteiger charge is 2.39. The summed E-state index contributed by atoms with van der Waals surface area (Å²) in [7, 11) is 1.36. The number of nitrogens with zero attached hydrogens (tertiary/aromatic N) is 1. The fourth-order valence-corrected chi connectivity index (χ4v) is 3.01. The number of thioether (sulfide) groups is 1. The van der Waals surface area contributed by atoms with Crippen LogP contribution >= 0.6 is 11.8 Å². The number of esters is 1. The van der Waals surface area contributed by atoms with Crippen LogP contribution in [0.5, 0.6) is 0 Å². The number of methoxy groups -OCH3 is 1. The van der Waals surface area contributed by atoms with E-state index in [1.54, 1.807) is 16.7 Å². The second-order valence-corrected chi connectivity index (χ2v) is 5.71. The van der Waals surface area contributed by atoms with Gasteiger partial charge in [-0.05, 0) is 37.3 Å². The molecule has 1 aromatic rings. The van der Waals surface area contributed by atoms with Crippen molar-refractivity contribution in [2.75, 3.05) is 13.4 Å². The number of hydrogen-bond acceptors (Lipinski definition) is 4. The number of carbonyl (C=O) groups excluding carboxylic acids is 2. The first-order valence-corrected chi connectivity index (χ1v) is 7.84. The molecule has 0 radical (unpaired) electrons. The maximum absolute atomic E-state index is 12.1. The summed E-state index contributed by atoms with van der Waals surface area (Å²) in [5.74, 6) is -0.315. The molecule has 20 heavy (non-hydrogen) atoms. The molecule has 2 unspecified atom stereocenters. The van der Waals surface area contributed by atoms with Crippen molar-refractivity contribution in [2.45, 2.75) is 36.7 Å². The van der Waals surface area contributed by atoms with Crippen LogP contribution in [0.25, 0.3) is 0 Å². The number of hydrogen-bond donors (Lipinski definition) is 0. The Hall–Kier alpha value is -1.49. The van der Waals surface area contributed by atoms with Gasteiger partial charge in [-0.15, -0.1) is 11.8 Å². The zero-order valence-corrected chi connectivity index (χ0v) is 12.8. The topological polar surface area (TPSA) is 46.6 Å². The van der Waals surface area contributed by atoms with Gasteiger partial charge in [0, 0.05) is 11.3 Å². The van der Waals surface area contributed by atoms with Crippen LogP contribution in [0.3, 0.4) is 0 Å². The molecule has 1 aromatic carbocycles. The Morgan fingerprint density at radius 3 is 2.60 bits per heavy atom. The van der Waals surface area contributed by atoms with Gasteiger partial charge in [-0.3, -0.25) is 4.79 Å². The van der Waals surface area contributed by atoms with Gasteiger partial charge in [0.15, 0.2) is 0 Å². The van der Waals surface area contributed by atoms with Gasteiger partial charge < -0.3 is 9.64 Å². The molecule has 2 atom stereocenters. The highest BCUT2D eigenvalue weighted by atomic mass is 32.2. The van der Waals surface area contributed by atoms with Gasteiger partial charge >= 0.3 is 5.97 Å². The number of amides is 1. The van der Waals surface area contributed by atoms with E-state index >= 15 is 0 Å². The van der Waals surface area contributed by atoms with E-state index in [0.29, 0.717) is 12.8 Å². The Morgan fingerprint density at radius 1 is 1.40 bits per heavy atom. The molecular formula is C15H19NO3S. The van der Waals surface area contributed by atoms with Crippen LogP contribution in [0, 0.1) is 0 Å². The molecule has 2 rings (SSSR count). The maximum Gasteiger partial charge on any atom is 0.328 e. The molecule has 1 fully saturated rings. The zero-order chi connectivity index (χ0) is 14.7. The van der Waals surface area contributed by atoms with Crippen molar-refractivity contribution in [3.8, 4) is 0 Å². The molecule has 1 heterocycles. The number of carbonyl (C=O) groups is 2. The van der Waals surface area contributed by atoms with Crippen molar-refractivity contribution < 1.29 is 14.3 Å². The molecule has 5 heteroatoms. The molecule has 4 nitrogen and oxygen atoms in total. The Kier molecular flexibility index (Phi) is 4.70. The van der Waals surface area contributed by atoms with E-state index in [9.17, 15) is 9.59 Å².